The average molecular weight is 575 g/mol. The van der Waals surface area contributed by atoms with Gasteiger partial charge in [0.2, 0.25) is 5.91 Å². The molecule has 0 bridgehead atoms. The SMILES string of the molecule is O=C(Nc1cccc(SC(C(=O)Nc2cccc3c2C(=O)c2ccccc2C3=O)c2ccccc2)c1)c1cccs1. The maximum absolute atomic E-state index is 13.9. The Morgan fingerprint density at radius 1 is 0.683 bits per heavy atom. The third kappa shape index (κ3) is 5.35. The van der Waals surface area contributed by atoms with Gasteiger partial charge >= 0.3 is 0 Å². The standard InChI is InChI=1S/C33H22N2O4S2/c36-29-23-13-4-5-14-24(23)30(37)28-25(29)15-7-16-26(28)35-33(39)31(20-9-2-1-3-10-20)41-22-12-6-11-21(19-22)34-32(38)27-17-8-18-40-27/h1-19,31H,(H,34,38)(H,35,39). The van der Waals surface area contributed by atoms with Crippen LogP contribution in [-0.4, -0.2) is 23.4 Å². The molecule has 6 nitrogen and oxygen atoms in total. The van der Waals surface area contributed by atoms with Gasteiger partial charge in [0.1, 0.15) is 5.25 Å². The number of thiophene rings is 1. The molecule has 1 aliphatic rings. The van der Waals surface area contributed by atoms with Crippen molar-refractivity contribution in [2.45, 2.75) is 10.1 Å². The minimum atomic E-state index is -0.683. The average Bonchev–Trinajstić information content (AvgIpc) is 3.55. The first-order valence-corrected chi connectivity index (χ1v) is 14.5. The Morgan fingerprint density at radius 2 is 1.39 bits per heavy atom. The van der Waals surface area contributed by atoms with Gasteiger partial charge in [-0.15, -0.1) is 23.1 Å². The van der Waals surface area contributed by atoms with E-state index < -0.39 is 5.25 Å². The number of benzene rings is 4. The molecule has 0 spiro atoms. The Hall–Kier alpha value is -4.79. The summed E-state index contributed by atoms with van der Waals surface area (Å²) >= 11 is 2.68. The lowest BCUT2D eigenvalue weighted by Crippen LogP contribution is -2.25. The van der Waals surface area contributed by atoms with Gasteiger partial charge < -0.3 is 10.6 Å². The number of carbonyl (C=O) groups excluding carboxylic acids is 4. The molecule has 2 amide bonds. The monoisotopic (exact) mass is 574 g/mol. The number of ketones is 2. The van der Waals surface area contributed by atoms with Crippen LogP contribution in [0.3, 0.4) is 0 Å². The van der Waals surface area contributed by atoms with Crippen LogP contribution in [0.15, 0.2) is 119 Å². The first-order chi connectivity index (χ1) is 20.0. The van der Waals surface area contributed by atoms with Crippen LogP contribution < -0.4 is 10.6 Å². The minimum absolute atomic E-state index is 0.194. The minimum Gasteiger partial charge on any atom is -0.324 e. The van der Waals surface area contributed by atoms with Gasteiger partial charge in [-0.1, -0.05) is 78.9 Å². The molecule has 0 saturated heterocycles. The zero-order valence-corrected chi connectivity index (χ0v) is 23.1. The fraction of sp³-hybridized carbons (Fsp3) is 0.0303. The Kier molecular flexibility index (Phi) is 7.33. The molecule has 0 saturated carbocycles. The number of amides is 2. The number of rotatable bonds is 7. The molecule has 0 fully saturated rings. The van der Waals surface area contributed by atoms with Gasteiger partial charge in [-0.25, -0.2) is 0 Å². The number of anilines is 2. The third-order valence-corrected chi connectivity index (χ3v) is 8.76. The summed E-state index contributed by atoms with van der Waals surface area (Å²) in [4.78, 5) is 54.4. The van der Waals surface area contributed by atoms with E-state index >= 15 is 0 Å². The molecular formula is C33H22N2O4S2. The van der Waals surface area contributed by atoms with E-state index in [1.807, 2.05) is 60.0 Å². The van der Waals surface area contributed by atoms with Crippen LogP contribution in [0, 0.1) is 0 Å². The largest absolute Gasteiger partial charge is 0.324 e. The van der Waals surface area contributed by atoms with Gasteiger partial charge in [0.15, 0.2) is 11.6 Å². The second-order valence-electron chi connectivity index (χ2n) is 9.29. The molecule has 0 radical (unpaired) electrons. The number of thioether (sulfide) groups is 1. The van der Waals surface area contributed by atoms with Gasteiger partial charge in [-0.3, -0.25) is 19.2 Å². The van der Waals surface area contributed by atoms with Crippen LogP contribution >= 0.6 is 23.1 Å². The lowest BCUT2D eigenvalue weighted by atomic mass is 9.83. The number of hydrogen-bond acceptors (Lipinski definition) is 6. The van der Waals surface area contributed by atoms with E-state index in [9.17, 15) is 19.2 Å². The molecule has 1 unspecified atom stereocenters. The summed E-state index contributed by atoms with van der Waals surface area (Å²) in [6, 6.07) is 31.8. The highest BCUT2D eigenvalue weighted by molar-refractivity contribution is 8.00. The summed E-state index contributed by atoms with van der Waals surface area (Å²) in [5, 5.41) is 7.00. The molecule has 8 heteroatoms. The lowest BCUT2D eigenvalue weighted by molar-refractivity contribution is -0.115. The molecule has 1 aromatic heterocycles. The molecule has 1 atom stereocenters. The number of nitrogens with one attached hydrogen (secondary N) is 2. The fourth-order valence-electron chi connectivity index (χ4n) is 4.73. The van der Waals surface area contributed by atoms with Crippen molar-refractivity contribution in [3.63, 3.8) is 0 Å². The third-order valence-electron chi connectivity index (χ3n) is 6.64. The van der Waals surface area contributed by atoms with Crippen molar-refractivity contribution in [1.29, 1.82) is 0 Å². The second-order valence-corrected chi connectivity index (χ2v) is 11.4. The highest BCUT2D eigenvalue weighted by Crippen LogP contribution is 2.38. The van der Waals surface area contributed by atoms with Crippen LogP contribution in [0.1, 0.15) is 52.3 Å². The lowest BCUT2D eigenvalue weighted by Gasteiger charge is -2.22. The van der Waals surface area contributed by atoms with Gasteiger partial charge in [-0.05, 0) is 41.3 Å². The molecule has 41 heavy (non-hydrogen) atoms. The Balaban J connectivity index is 1.29. The van der Waals surface area contributed by atoms with Crippen molar-refractivity contribution in [3.8, 4) is 0 Å². The fourth-order valence-corrected chi connectivity index (χ4v) is 6.43. The number of hydrogen-bond donors (Lipinski definition) is 2. The molecule has 2 N–H and O–H groups in total. The van der Waals surface area contributed by atoms with Crippen LogP contribution in [0.25, 0.3) is 0 Å². The van der Waals surface area contributed by atoms with E-state index in [0.717, 1.165) is 10.5 Å². The van der Waals surface area contributed by atoms with Crippen molar-refractivity contribution in [2.24, 2.45) is 0 Å². The van der Waals surface area contributed by atoms with Crippen LogP contribution in [0.4, 0.5) is 11.4 Å². The summed E-state index contributed by atoms with van der Waals surface area (Å²) in [5.74, 6) is -1.10. The molecular weight excluding hydrogens is 553 g/mol. The quantitative estimate of drug-likeness (QED) is 0.196. The molecule has 6 rings (SSSR count). The predicted molar refractivity (Wildman–Crippen MR) is 162 cm³/mol. The Labute approximate surface area is 244 Å². The van der Waals surface area contributed by atoms with Gasteiger partial charge in [-0.2, -0.15) is 0 Å². The second kappa shape index (κ2) is 11.4. The van der Waals surface area contributed by atoms with E-state index in [0.29, 0.717) is 27.4 Å². The highest BCUT2D eigenvalue weighted by atomic mass is 32.2. The smallest absolute Gasteiger partial charge is 0.265 e. The van der Waals surface area contributed by atoms with Crippen LogP contribution in [0.5, 0.6) is 0 Å². The molecule has 1 heterocycles. The summed E-state index contributed by atoms with van der Waals surface area (Å²) in [5.41, 5.74) is 2.81. The normalized spacial score (nSPS) is 12.7. The van der Waals surface area contributed by atoms with Crippen molar-refractivity contribution >= 4 is 57.9 Å². The predicted octanol–water partition coefficient (Wildman–Crippen LogP) is 7.25. The van der Waals surface area contributed by atoms with Crippen LogP contribution in [0.2, 0.25) is 0 Å². The molecule has 1 aliphatic carbocycles. The first-order valence-electron chi connectivity index (χ1n) is 12.8. The molecule has 5 aromatic rings. The Morgan fingerprint density at radius 3 is 2.15 bits per heavy atom. The molecule has 0 aliphatic heterocycles. The number of carbonyl (C=O) groups is 4. The van der Waals surface area contributed by atoms with Gasteiger partial charge in [0, 0.05) is 27.3 Å². The van der Waals surface area contributed by atoms with Crippen molar-refractivity contribution in [3.05, 3.63) is 147 Å². The summed E-state index contributed by atoms with van der Waals surface area (Å²) in [6.45, 7) is 0. The molecule has 4 aromatic carbocycles. The first kappa shape index (κ1) is 26.4. The zero-order chi connectivity index (χ0) is 28.3. The van der Waals surface area contributed by atoms with Crippen LogP contribution in [-0.2, 0) is 4.79 Å². The van der Waals surface area contributed by atoms with Gasteiger partial charge in [0.25, 0.3) is 5.91 Å². The van der Waals surface area contributed by atoms with E-state index in [1.54, 1.807) is 54.6 Å². The topological polar surface area (TPSA) is 92.3 Å². The van der Waals surface area contributed by atoms with Gasteiger partial charge in [0.05, 0.1) is 16.1 Å². The van der Waals surface area contributed by atoms with Crippen molar-refractivity contribution in [1.82, 2.24) is 0 Å². The van der Waals surface area contributed by atoms with Crippen molar-refractivity contribution in [2.75, 3.05) is 10.6 Å². The summed E-state index contributed by atoms with van der Waals surface area (Å²) in [6.07, 6.45) is 0. The molecule has 200 valence electrons. The zero-order valence-electron chi connectivity index (χ0n) is 21.5. The maximum Gasteiger partial charge on any atom is 0.265 e. The van der Waals surface area contributed by atoms with E-state index in [4.69, 9.17) is 0 Å². The Bertz CT molecular complexity index is 1800. The highest BCUT2D eigenvalue weighted by Gasteiger charge is 2.32. The van der Waals surface area contributed by atoms with E-state index in [2.05, 4.69) is 10.6 Å². The number of fused-ring (bicyclic) bond motifs is 2. The van der Waals surface area contributed by atoms with Crippen molar-refractivity contribution < 1.29 is 19.2 Å². The summed E-state index contributed by atoms with van der Waals surface area (Å²) < 4.78 is 0. The van der Waals surface area contributed by atoms with E-state index in [-0.39, 0.29) is 34.5 Å². The maximum atomic E-state index is 13.9. The van der Waals surface area contributed by atoms with E-state index in [1.165, 1.54) is 23.1 Å². The summed E-state index contributed by atoms with van der Waals surface area (Å²) in [7, 11) is 0.